The van der Waals surface area contributed by atoms with Gasteiger partial charge in [0.2, 0.25) is 0 Å². The normalized spacial score (nSPS) is 16.4. The minimum atomic E-state index is 0.899. The van der Waals surface area contributed by atoms with Crippen LogP contribution in [0.1, 0.15) is 47.9 Å². The molecule has 0 bridgehead atoms. The summed E-state index contributed by atoms with van der Waals surface area (Å²) < 4.78 is 0. The van der Waals surface area contributed by atoms with Crippen LogP contribution in [0, 0.1) is 6.92 Å². The number of fused-ring (bicyclic) bond motifs is 1. The van der Waals surface area contributed by atoms with Gasteiger partial charge in [-0.15, -0.1) is 6.58 Å². The fourth-order valence-corrected chi connectivity index (χ4v) is 5.71. The van der Waals surface area contributed by atoms with Gasteiger partial charge < -0.3 is 9.80 Å². The Labute approximate surface area is 211 Å². The highest BCUT2D eigenvalue weighted by molar-refractivity contribution is 6.34. The van der Waals surface area contributed by atoms with Gasteiger partial charge in [-0.1, -0.05) is 36.4 Å². The molecule has 0 N–H and O–H groups in total. The van der Waals surface area contributed by atoms with Crippen LogP contribution in [0.2, 0.25) is 5.02 Å². The number of halogens is 1. The number of rotatable bonds is 9. The molecule has 1 saturated heterocycles. The number of benzene rings is 2. The Morgan fingerprint density at radius 1 is 1.12 bits per heavy atom. The molecule has 0 aromatic heterocycles. The quantitative estimate of drug-likeness (QED) is 0.369. The van der Waals surface area contributed by atoms with Crippen molar-refractivity contribution < 1.29 is 0 Å². The Balaban J connectivity index is 1.31. The predicted octanol–water partition coefficient (Wildman–Crippen LogP) is 6.77. The Morgan fingerprint density at radius 2 is 1.91 bits per heavy atom. The second-order valence-electron chi connectivity index (χ2n) is 9.94. The molecule has 2 aliphatic rings. The summed E-state index contributed by atoms with van der Waals surface area (Å²) in [5, 5.41) is 0.899. The maximum absolute atomic E-state index is 6.56. The lowest BCUT2D eigenvalue weighted by Crippen LogP contribution is -2.46. The average molecular weight is 478 g/mol. The first-order valence-electron chi connectivity index (χ1n) is 12.9. The summed E-state index contributed by atoms with van der Waals surface area (Å²) >= 11 is 6.56. The van der Waals surface area contributed by atoms with Gasteiger partial charge in [-0.2, -0.15) is 0 Å². The predicted molar refractivity (Wildman–Crippen MR) is 150 cm³/mol. The molecular formula is C30H40ClN3. The molecule has 2 heterocycles. The molecule has 3 nitrogen and oxygen atoms in total. The van der Waals surface area contributed by atoms with Crippen LogP contribution in [0.4, 0.5) is 11.4 Å². The maximum atomic E-state index is 6.56. The number of allylic oxidation sites excluding steroid dienone is 2. The molecule has 1 fully saturated rings. The summed E-state index contributed by atoms with van der Waals surface area (Å²) in [6.45, 7) is 17.0. The van der Waals surface area contributed by atoms with Crippen LogP contribution < -0.4 is 9.80 Å². The van der Waals surface area contributed by atoms with Crippen LogP contribution in [-0.4, -0.2) is 51.2 Å². The van der Waals surface area contributed by atoms with Gasteiger partial charge in [0.15, 0.2) is 0 Å². The maximum Gasteiger partial charge on any atom is 0.0668 e. The van der Waals surface area contributed by atoms with E-state index in [2.05, 4.69) is 72.2 Å². The summed E-state index contributed by atoms with van der Waals surface area (Å²) in [4.78, 5) is 7.46. The smallest absolute Gasteiger partial charge is 0.0668 e. The van der Waals surface area contributed by atoms with Crippen molar-refractivity contribution >= 4 is 28.5 Å². The minimum Gasteiger partial charge on any atom is -0.374 e. The van der Waals surface area contributed by atoms with E-state index in [1.165, 1.54) is 46.5 Å². The summed E-state index contributed by atoms with van der Waals surface area (Å²) in [5.41, 5.74) is 9.37. The molecule has 0 unspecified atom stereocenters. The summed E-state index contributed by atoms with van der Waals surface area (Å²) in [5.74, 6) is 0. The van der Waals surface area contributed by atoms with Gasteiger partial charge in [-0.25, -0.2) is 0 Å². The van der Waals surface area contributed by atoms with E-state index in [9.17, 15) is 0 Å². The van der Waals surface area contributed by atoms with Crippen molar-refractivity contribution in [3.8, 4) is 0 Å². The lowest BCUT2D eigenvalue weighted by Gasteiger charge is -2.36. The van der Waals surface area contributed by atoms with E-state index in [1.807, 2.05) is 6.08 Å². The zero-order valence-electron chi connectivity index (χ0n) is 21.1. The molecule has 0 saturated carbocycles. The SMILES string of the molecule is C=CCCc1cc(C(=C)CCCN2CCN(c3cccc(C)c3Cl)CC2)cc2c1N(C)CCC2. The lowest BCUT2D eigenvalue weighted by molar-refractivity contribution is 0.256. The van der Waals surface area contributed by atoms with Crippen molar-refractivity contribution in [2.24, 2.45) is 0 Å². The van der Waals surface area contributed by atoms with Gasteiger partial charge in [0, 0.05) is 45.5 Å². The zero-order chi connectivity index (χ0) is 24.1. The van der Waals surface area contributed by atoms with Crippen molar-refractivity contribution in [3.05, 3.63) is 76.8 Å². The fraction of sp³-hybridized carbons (Fsp3) is 0.467. The van der Waals surface area contributed by atoms with Crippen LogP contribution >= 0.6 is 11.6 Å². The largest absolute Gasteiger partial charge is 0.374 e. The van der Waals surface area contributed by atoms with Crippen molar-refractivity contribution in [2.75, 3.05) is 56.1 Å². The number of piperazine rings is 1. The summed E-state index contributed by atoms with van der Waals surface area (Å²) in [6.07, 6.45) is 8.74. The average Bonchev–Trinajstić information content (AvgIpc) is 2.84. The molecule has 34 heavy (non-hydrogen) atoms. The third-order valence-electron chi connectivity index (χ3n) is 7.45. The van der Waals surface area contributed by atoms with Gasteiger partial charge in [0.1, 0.15) is 0 Å². The van der Waals surface area contributed by atoms with Gasteiger partial charge >= 0.3 is 0 Å². The molecule has 4 rings (SSSR count). The zero-order valence-corrected chi connectivity index (χ0v) is 21.8. The van der Waals surface area contributed by atoms with Gasteiger partial charge in [0.05, 0.1) is 10.7 Å². The second-order valence-corrected chi connectivity index (χ2v) is 10.3. The molecule has 182 valence electrons. The third kappa shape index (κ3) is 5.70. The highest BCUT2D eigenvalue weighted by atomic mass is 35.5. The summed E-state index contributed by atoms with van der Waals surface area (Å²) in [6, 6.07) is 11.1. The second kappa shape index (κ2) is 11.5. The molecule has 0 spiro atoms. The summed E-state index contributed by atoms with van der Waals surface area (Å²) in [7, 11) is 2.23. The van der Waals surface area contributed by atoms with E-state index in [0.717, 1.165) is 75.5 Å². The molecule has 2 aliphatic heterocycles. The molecule has 0 atom stereocenters. The number of anilines is 2. The van der Waals surface area contributed by atoms with Gasteiger partial charge in [-0.05, 0) is 98.0 Å². The van der Waals surface area contributed by atoms with E-state index in [1.54, 1.807) is 0 Å². The van der Waals surface area contributed by atoms with Crippen LogP contribution in [0.25, 0.3) is 5.57 Å². The molecule has 0 aliphatic carbocycles. The van der Waals surface area contributed by atoms with Crippen LogP contribution in [-0.2, 0) is 12.8 Å². The molecular weight excluding hydrogens is 438 g/mol. The van der Waals surface area contributed by atoms with E-state index in [-0.39, 0.29) is 0 Å². The molecule has 4 heteroatoms. The minimum absolute atomic E-state index is 0.899. The van der Waals surface area contributed by atoms with E-state index < -0.39 is 0 Å². The highest BCUT2D eigenvalue weighted by Gasteiger charge is 2.21. The monoisotopic (exact) mass is 477 g/mol. The van der Waals surface area contributed by atoms with Crippen LogP contribution in [0.3, 0.4) is 0 Å². The number of aryl methyl sites for hydroxylation is 3. The topological polar surface area (TPSA) is 9.72 Å². The van der Waals surface area contributed by atoms with Crippen LogP contribution in [0.5, 0.6) is 0 Å². The Kier molecular flexibility index (Phi) is 8.39. The molecule has 2 aromatic rings. The third-order valence-corrected chi connectivity index (χ3v) is 7.94. The number of hydrogen-bond donors (Lipinski definition) is 0. The molecule has 2 aromatic carbocycles. The standard InChI is InChI=1S/C30H40ClN3/c1-5-6-12-25-21-27(22-26-13-9-15-32(4)30(25)26)23(2)11-8-16-33-17-19-34(20-18-33)28-14-7-10-24(3)29(28)31/h5,7,10,14,21-22H,1-2,6,8-9,11-13,15-20H2,3-4H3. The highest BCUT2D eigenvalue weighted by Crippen LogP contribution is 2.35. The van der Waals surface area contributed by atoms with Crippen molar-refractivity contribution in [1.82, 2.24) is 4.90 Å². The van der Waals surface area contributed by atoms with E-state index >= 15 is 0 Å². The number of nitrogens with zero attached hydrogens (tertiary/aromatic N) is 3. The first-order valence-corrected chi connectivity index (χ1v) is 13.2. The first kappa shape index (κ1) is 24.9. The van der Waals surface area contributed by atoms with Gasteiger partial charge in [-0.3, -0.25) is 4.90 Å². The van der Waals surface area contributed by atoms with Crippen molar-refractivity contribution in [2.45, 2.75) is 45.4 Å². The Morgan fingerprint density at radius 3 is 2.68 bits per heavy atom. The van der Waals surface area contributed by atoms with Gasteiger partial charge in [0.25, 0.3) is 0 Å². The molecule has 0 radical (unpaired) electrons. The first-order chi connectivity index (χ1) is 16.5. The van der Waals surface area contributed by atoms with E-state index in [4.69, 9.17) is 11.6 Å². The van der Waals surface area contributed by atoms with Crippen molar-refractivity contribution in [1.29, 1.82) is 0 Å². The Bertz CT molecular complexity index is 1020. The molecule has 0 amide bonds. The lowest BCUT2D eigenvalue weighted by atomic mass is 9.90. The number of hydrogen-bond acceptors (Lipinski definition) is 3. The fourth-order valence-electron chi connectivity index (χ4n) is 5.46. The van der Waals surface area contributed by atoms with Crippen molar-refractivity contribution in [3.63, 3.8) is 0 Å². The van der Waals surface area contributed by atoms with Crippen LogP contribution in [0.15, 0.2) is 49.6 Å². The Hall–Kier alpha value is -2.23. The van der Waals surface area contributed by atoms with E-state index in [0.29, 0.717) is 0 Å².